The molecule has 1 aliphatic carbocycles. The summed E-state index contributed by atoms with van der Waals surface area (Å²) in [7, 11) is 0. The summed E-state index contributed by atoms with van der Waals surface area (Å²) in [5, 5.41) is 0. The third-order valence-electron chi connectivity index (χ3n) is 4.80. The molecule has 0 radical (unpaired) electrons. The maximum atomic E-state index is 11.8. The quantitative estimate of drug-likeness (QED) is 0.289. The number of carbonyl (C=O) groups excluding carboxylic acids is 1. The molecule has 138 valence electrons. The highest BCUT2D eigenvalue weighted by Crippen LogP contribution is 2.44. The maximum absolute atomic E-state index is 11.8. The summed E-state index contributed by atoms with van der Waals surface area (Å²) in [6.45, 7) is 6.47. The van der Waals surface area contributed by atoms with Gasteiger partial charge >= 0.3 is 5.97 Å². The number of halogens is 1. The number of esters is 1. The van der Waals surface area contributed by atoms with Crippen molar-refractivity contribution in [1.82, 2.24) is 0 Å². The van der Waals surface area contributed by atoms with Gasteiger partial charge in [0.25, 0.3) is 0 Å². The lowest BCUT2D eigenvalue weighted by atomic mass is 10.0. The van der Waals surface area contributed by atoms with E-state index in [1.165, 1.54) is 27.5 Å². The first kappa shape index (κ1) is 19.2. The zero-order chi connectivity index (χ0) is 18.7. The summed E-state index contributed by atoms with van der Waals surface area (Å²) in [6.07, 6.45) is 3.77. The standard InChI is InChI=1S/C22H25IO3/c1-4-15-11-14(3)21(12-19(15)23)25-13-18-17(16-9-10-16)7-6-8-20(18)26-22(24)5-2/h6-8,11-12,16H,4-5,9-10,13H2,1-3H3. The molecule has 0 bridgehead atoms. The Labute approximate surface area is 169 Å². The Morgan fingerprint density at radius 3 is 2.62 bits per heavy atom. The zero-order valence-electron chi connectivity index (χ0n) is 15.6. The van der Waals surface area contributed by atoms with Crippen molar-refractivity contribution in [1.29, 1.82) is 0 Å². The van der Waals surface area contributed by atoms with Crippen molar-refractivity contribution in [2.24, 2.45) is 0 Å². The van der Waals surface area contributed by atoms with Crippen LogP contribution in [-0.2, 0) is 17.8 Å². The fraction of sp³-hybridized carbons (Fsp3) is 0.409. The van der Waals surface area contributed by atoms with Gasteiger partial charge in [-0.25, -0.2) is 0 Å². The first-order valence-corrected chi connectivity index (χ1v) is 10.4. The molecule has 0 unspecified atom stereocenters. The predicted molar refractivity (Wildman–Crippen MR) is 112 cm³/mol. The molecule has 1 aliphatic rings. The van der Waals surface area contributed by atoms with E-state index in [2.05, 4.69) is 54.6 Å². The van der Waals surface area contributed by atoms with Crippen molar-refractivity contribution >= 4 is 28.6 Å². The summed E-state index contributed by atoms with van der Waals surface area (Å²) >= 11 is 2.36. The highest BCUT2D eigenvalue weighted by Gasteiger charge is 2.28. The fourth-order valence-electron chi connectivity index (χ4n) is 3.10. The Hall–Kier alpha value is -1.56. The Balaban J connectivity index is 1.87. The van der Waals surface area contributed by atoms with Crippen molar-refractivity contribution in [2.75, 3.05) is 0 Å². The third kappa shape index (κ3) is 4.40. The monoisotopic (exact) mass is 464 g/mol. The summed E-state index contributed by atoms with van der Waals surface area (Å²) < 4.78 is 13.0. The van der Waals surface area contributed by atoms with Gasteiger partial charge in [0.2, 0.25) is 0 Å². The second-order valence-corrected chi connectivity index (χ2v) is 7.94. The van der Waals surface area contributed by atoms with E-state index in [1.807, 2.05) is 19.1 Å². The molecule has 0 amide bonds. The van der Waals surface area contributed by atoms with Crippen molar-refractivity contribution in [3.63, 3.8) is 0 Å². The minimum Gasteiger partial charge on any atom is -0.488 e. The molecule has 1 fully saturated rings. The van der Waals surface area contributed by atoms with E-state index in [0.29, 0.717) is 24.7 Å². The summed E-state index contributed by atoms with van der Waals surface area (Å²) in [5.74, 6) is 1.89. The first-order chi connectivity index (χ1) is 12.5. The number of benzene rings is 2. The molecule has 0 aliphatic heterocycles. The van der Waals surface area contributed by atoms with Crippen LogP contribution < -0.4 is 9.47 Å². The second kappa shape index (κ2) is 8.42. The molecule has 0 saturated heterocycles. The Morgan fingerprint density at radius 1 is 1.19 bits per heavy atom. The molecule has 26 heavy (non-hydrogen) atoms. The number of hydrogen-bond acceptors (Lipinski definition) is 3. The van der Waals surface area contributed by atoms with Gasteiger partial charge < -0.3 is 9.47 Å². The van der Waals surface area contributed by atoms with E-state index in [-0.39, 0.29) is 5.97 Å². The number of aryl methyl sites for hydroxylation is 2. The lowest BCUT2D eigenvalue weighted by Gasteiger charge is -2.17. The van der Waals surface area contributed by atoms with Crippen LogP contribution in [0.25, 0.3) is 0 Å². The minimum absolute atomic E-state index is 0.211. The largest absolute Gasteiger partial charge is 0.488 e. The van der Waals surface area contributed by atoms with Gasteiger partial charge in [-0.1, -0.05) is 32.0 Å². The third-order valence-corrected chi connectivity index (χ3v) is 5.80. The van der Waals surface area contributed by atoms with Crippen molar-refractivity contribution in [3.05, 3.63) is 56.2 Å². The molecular weight excluding hydrogens is 439 g/mol. The van der Waals surface area contributed by atoms with E-state index in [1.54, 1.807) is 0 Å². The maximum Gasteiger partial charge on any atom is 0.310 e. The summed E-state index contributed by atoms with van der Waals surface area (Å²) in [6, 6.07) is 10.3. The van der Waals surface area contributed by atoms with Crippen molar-refractivity contribution in [3.8, 4) is 11.5 Å². The highest BCUT2D eigenvalue weighted by atomic mass is 127. The van der Waals surface area contributed by atoms with Gasteiger partial charge in [-0.2, -0.15) is 0 Å². The van der Waals surface area contributed by atoms with Gasteiger partial charge in [0.05, 0.1) is 0 Å². The van der Waals surface area contributed by atoms with Crippen molar-refractivity contribution in [2.45, 2.75) is 59.0 Å². The molecule has 4 heteroatoms. The van der Waals surface area contributed by atoms with Gasteiger partial charge in [0.15, 0.2) is 0 Å². The SMILES string of the molecule is CCC(=O)Oc1cccc(C2CC2)c1COc1cc(I)c(CC)cc1C. The number of ether oxygens (including phenoxy) is 2. The molecule has 0 aromatic heterocycles. The van der Waals surface area contributed by atoms with Crippen LogP contribution in [0.1, 0.15) is 61.3 Å². The smallest absolute Gasteiger partial charge is 0.310 e. The molecule has 0 heterocycles. The first-order valence-electron chi connectivity index (χ1n) is 9.27. The lowest BCUT2D eigenvalue weighted by Crippen LogP contribution is -2.10. The molecule has 0 atom stereocenters. The van der Waals surface area contributed by atoms with E-state index < -0.39 is 0 Å². The van der Waals surface area contributed by atoms with Crippen LogP contribution in [0.2, 0.25) is 0 Å². The molecule has 3 nitrogen and oxygen atoms in total. The van der Waals surface area contributed by atoms with Gasteiger partial charge in [0, 0.05) is 15.6 Å². The Kier molecular flexibility index (Phi) is 6.22. The van der Waals surface area contributed by atoms with Crippen LogP contribution in [0.3, 0.4) is 0 Å². The second-order valence-electron chi connectivity index (χ2n) is 6.78. The van der Waals surface area contributed by atoms with Gasteiger partial charge in [-0.3, -0.25) is 4.79 Å². The normalized spacial score (nSPS) is 13.5. The average molecular weight is 464 g/mol. The predicted octanol–water partition coefficient (Wildman–Crippen LogP) is 5.93. The Morgan fingerprint density at radius 2 is 1.96 bits per heavy atom. The van der Waals surface area contributed by atoms with Crippen molar-refractivity contribution < 1.29 is 14.3 Å². The van der Waals surface area contributed by atoms with Gasteiger partial charge in [-0.15, -0.1) is 0 Å². The lowest BCUT2D eigenvalue weighted by molar-refractivity contribution is -0.134. The fourth-order valence-corrected chi connectivity index (χ4v) is 3.92. The Bertz CT molecular complexity index is 809. The summed E-state index contributed by atoms with van der Waals surface area (Å²) in [5.41, 5.74) is 4.74. The number of rotatable bonds is 7. The molecule has 3 rings (SSSR count). The highest BCUT2D eigenvalue weighted by molar-refractivity contribution is 14.1. The van der Waals surface area contributed by atoms with Crippen LogP contribution in [0.4, 0.5) is 0 Å². The van der Waals surface area contributed by atoms with Crippen LogP contribution in [-0.4, -0.2) is 5.97 Å². The van der Waals surface area contributed by atoms with Crippen LogP contribution >= 0.6 is 22.6 Å². The number of hydrogen-bond donors (Lipinski definition) is 0. The zero-order valence-corrected chi connectivity index (χ0v) is 17.8. The summed E-state index contributed by atoms with van der Waals surface area (Å²) in [4.78, 5) is 11.8. The topological polar surface area (TPSA) is 35.5 Å². The van der Waals surface area contributed by atoms with E-state index in [0.717, 1.165) is 23.3 Å². The molecular formula is C22H25IO3. The molecule has 0 N–H and O–H groups in total. The van der Waals surface area contributed by atoms with E-state index in [4.69, 9.17) is 9.47 Å². The van der Waals surface area contributed by atoms with Gasteiger partial charge in [-0.05, 0) is 83.5 Å². The minimum atomic E-state index is -0.211. The van der Waals surface area contributed by atoms with Crippen LogP contribution in [0.15, 0.2) is 30.3 Å². The van der Waals surface area contributed by atoms with Crippen LogP contribution in [0.5, 0.6) is 11.5 Å². The number of carbonyl (C=O) groups is 1. The van der Waals surface area contributed by atoms with Crippen LogP contribution in [0, 0.1) is 10.5 Å². The molecule has 1 saturated carbocycles. The average Bonchev–Trinajstić information content (AvgIpc) is 3.47. The molecule has 0 spiro atoms. The van der Waals surface area contributed by atoms with E-state index >= 15 is 0 Å². The molecule has 2 aromatic carbocycles. The van der Waals surface area contributed by atoms with Gasteiger partial charge in [0.1, 0.15) is 18.1 Å². The molecule has 2 aromatic rings. The van der Waals surface area contributed by atoms with E-state index in [9.17, 15) is 4.79 Å².